The second kappa shape index (κ2) is 4.22. The average molecular weight is 226 g/mol. The molecule has 86 valence electrons. The highest BCUT2D eigenvalue weighted by atomic mass is 16.6. The van der Waals surface area contributed by atoms with Crippen LogP contribution in [0.2, 0.25) is 0 Å². The van der Waals surface area contributed by atoms with E-state index >= 15 is 0 Å². The molecule has 2 aromatic carbocycles. The Hall–Kier alpha value is -1.80. The van der Waals surface area contributed by atoms with Crippen molar-refractivity contribution < 1.29 is 9.84 Å². The Balaban J connectivity index is 1.95. The highest BCUT2D eigenvalue weighted by Gasteiger charge is 2.29. The topological polar surface area (TPSA) is 29.5 Å². The van der Waals surface area contributed by atoms with Gasteiger partial charge in [0.15, 0.2) is 0 Å². The highest BCUT2D eigenvalue weighted by molar-refractivity contribution is 5.38. The lowest BCUT2D eigenvalue weighted by Gasteiger charge is -2.30. The van der Waals surface area contributed by atoms with Crippen molar-refractivity contribution in [3.63, 3.8) is 0 Å². The third-order valence-corrected chi connectivity index (χ3v) is 3.23. The zero-order chi connectivity index (χ0) is 11.7. The maximum Gasteiger partial charge on any atom is 0.204 e. The molecule has 0 bridgehead atoms. The molecule has 1 heterocycles. The molecule has 0 spiro atoms. The van der Waals surface area contributed by atoms with Gasteiger partial charge in [0, 0.05) is 0 Å². The fraction of sp³-hybridized carbons (Fsp3) is 0.200. The first-order chi connectivity index (χ1) is 8.34. The van der Waals surface area contributed by atoms with Crippen LogP contribution in [0, 0.1) is 0 Å². The summed E-state index contributed by atoms with van der Waals surface area (Å²) in [5, 5.41) is 10.0. The zero-order valence-corrected chi connectivity index (χ0v) is 9.41. The van der Waals surface area contributed by atoms with Crippen molar-refractivity contribution in [3.8, 4) is 5.75 Å². The van der Waals surface area contributed by atoms with Gasteiger partial charge in [0.1, 0.15) is 5.75 Å². The first kappa shape index (κ1) is 10.4. The molecular formula is C15H14O2. The molecule has 2 atom stereocenters. The van der Waals surface area contributed by atoms with Crippen LogP contribution in [0.15, 0.2) is 54.6 Å². The van der Waals surface area contributed by atoms with Gasteiger partial charge in [-0.1, -0.05) is 48.5 Å². The van der Waals surface area contributed by atoms with Gasteiger partial charge in [0.05, 0.1) is 5.92 Å². The molecule has 0 saturated heterocycles. The molecule has 1 aliphatic heterocycles. The van der Waals surface area contributed by atoms with Crippen molar-refractivity contribution in [2.45, 2.75) is 18.6 Å². The Bertz CT molecular complexity index is 507. The quantitative estimate of drug-likeness (QED) is 0.810. The van der Waals surface area contributed by atoms with Crippen LogP contribution in [0.1, 0.15) is 17.0 Å². The molecule has 0 fully saturated rings. The predicted molar refractivity (Wildman–Crippen MR) is 66.0 cm³/mol. The maximum absolute atomic E-state index is 10.0. The molecule has 0 radical (unpaired) electrons. The first-order valence-corrected chi connectivity index (χ1v) is 5.82. The summed E-state index contributed by atoms with van der Waals surface area (Å²) in [5.41, 5.74) is 2.28. The number of benzene rings is 2. The minimum absolute atomic E-state index is 0.0195. The van der Waals surface area contributed by atoms with E-state index < -0.39 is 6.29 Å². The molecule has 2 unspecified atom stereocenters. The summed E-state index contributed by atoms with van der Waals surface area (Å²) in [5.74, 6) is 0.818. The number of para-hydroxylation sites is 1. The monoisotopic (exact) mass is 226 g/mol. The smallest absolute Gasteiger partial charge is 0.204 e. The molecule has 2 heteroatoms. The first-order valence-electron chi connectivity index (χ1n) is 5.82. The SMILES string of the molecule is OC1Oc2ccccc2CC1c1ccccc1. The van der Waals surface area contributed by atoms with Crippen LogP contribution in [0.5, 0.6) is 5.75 Å². The van der Waals surface area contributed by atoms with Crippen LogP contribution in [-0.4, -0.2) is 11.4 Å². The van der Waals surface area contributed by atoms with Gasteiger partial charge >= 0.3 is 0 Å². The molecule has 2 nitrogen and oxygen atoms in total. The number of fused-ring (bicyclic) bond motifs is 1. The normalized spacial score (nSPS) is 22.6. The number of hydrogen-bond acceptors (Lipinski definition) is 2. The third-order valence-electron chi connectivity index (χ3n) is 3.23. The van der Waals surface area contributed by atoms with Crippen LogP contribution >= 0.6 is 0 Å². The lowest BCUT2D eigenvalue weighted by atomic mass is 9.89. The molecule has 1 aliphatic rings. The van der Waals surface area contributed by atoms with E-state index in [2.05, 4.69) is 6.07 Å². The third kappa shape index (κ3) is 1.92. The van der Waals surface area contributed by atoms with E-state index in [1.165, 1.54) is 0 Å². The predicted octanol–water partition coefficient (Wildman–Crippen LogP) is 2.72. The van der Waals surface area contributed by atoms with E-state index in [0.717, 1.165) is 23.3 Å². The number of aliphatic hydroxyl groups is 1. The Morgan fingerprint density at radius 2 is 1.65 bits per heavy atom. The molecule has 0 saturated carbocycles. The van der Waals surface area contributed by atoms with Gasteiger partial charge in [-0.05, 0) is 23.6 Å². The van der Waals surface area contributed by atoms with Gasteiger partial charge in [0.2, 0.25) is 6.29 Å². The van der Waals surface area contributed by atoms with Crippen LogP contribution in [0.4, 0.5) is 0 Å². The van der Waals surface area contributed by atoms with Crippen molar-refractivity contribution in [2.24, 2.45) is 0 Å². The molecule has 0 amide bonds. The lowest BCUT2D eigenvalue weighted by molar-refractivity contribution is -0.0480. The van der Waals surface area contributed by atoms with E-state index in [0.29, 0.717) is 0 Å². The Kier molecular flexibility index (Phi) is 2.57. The number of ether oxygens (including phenoxy) is 1. The van der Waals surface area contributed by atoms with Crippen molar-refractivity contribution in [1.82, 2.24) is 0 Å². The van der Waals surface area contributed by atoms with E-state index in [1.54, 1.807) is 0 Å². The second-order valence-electron chi connectivity index (χ2n) is 4.34. The van der Waals surface area contributed by atoms with Gasteiger partial charge in [-0.2, -0.15) is 0 Å². The second-order valence-corrected chi connectivity index (χ2v) is 4.34. The summed E-state index contributed by atoms with van der Waals surface area (Å²) in [7, 11) is 0. The zero-order valence-electron chi connectivity index (χ0n) is 9.41. The molecule has 0 aliphatic carbocycles. The minimum atomic E-state index is -0.757. The molecular weight excluding hydrogens is 212 g/mol. The summed E-state index contributed by atoms with van der Waals surface area (Å²) in [6, 6.07) is 17.9. The molecule has 17 heavy (non-hydrogen) atoms. The van der Waals surface area contributed by atoms with Gasteiger partial charge in [-0.25, -0.2) is 0 Å². The standard InChI is InChI=1S/C15H14O2/c16-15-13(11-6-2-1-3-7-11)10-12-8-4-5-9-14(12)17-15/h1-9,13,15-16H,10H2. The summed E-state index contributed by atoms with van der Waals surface area (Å²) in [6.07, 6.45) is 0.0637. The fourth-order valence-corrected chi connectivity index (χ4v) is 2.32. The van der Waals surface area contributed by atoms with Crippen LogP contribution < -0.4 is 4.74 Å². The van der Waals surface area contributed by atoms with Crippen LogP contribution in [0.25, 0.3) is 0 Å². The number of hydrogen-bond donors (Lipinski definition) is 1. The molecule has 1 N–H and O–H groups in total. The number of rotatable bonds is 1. The maximum atomic E-state index is 10.0. The summed E-state index contributed by atoms with van der Waals surface area (Å²) in [6.45, 7) is 0. The highest BCUT2D eigenvalue weighted by Crippen LogP contribution is 2.35. The summed E-state index contributed by atoms with van der Waals surface area (Å²) < 4.78 is 5.55. The van der Waals surface area contributed by atoms with Crippen LogP contribution in [-0.2, 0) is 6.42 Å². The number of aliphatic hydroxyl groups excluding tert-OH is 1. The minimum Gasteiger partial charge on any atom is -0.464 e. The largest absolute Gasteiger partial charge is 0.464 e. The van der Waals surface area contributed by atoms with Gasteiger partial charge < -0.3 is 9.84 Å². The average Bonchev–Trinajstić information content (AvgIpc) is 2.39. The van der Waals surface area contributed by atoms with Crippen molar-refractivity contribution >= 4 is 0 Å². The Morgan fingerprint density at radius 3 is 2.47 bits per heavy atom. The van der Waals surface area contributed by atoms with Crippen molar-refractivity contribution in [2.75, 3.05) is 0 Å². The van der Waals surface area contributed by atoms with E-state index in [-0.39, 0.29) is 5.92 Å². The molecule has 3 rings (SSSR count). The summed E-state index contributed by atoms with van der Waals surface area (Å²) >= 11 is 0. The van der Waals surface area contributed by atoms with Gasteiger partial charge in [0.25, 0.3) is 0 Å². The Labute approximate surface area is 100 Å². The fourth-order valence-electron chi connectivity index (χ4n) is 2.32. The van der Waals surface area contributed by atoms with Gasteiger partial charge in [-0.3, -0.25) is 0 Å². The van der Waals surface area contributed by atoms with Gasteiger partial charge in [-0.15, -0.1) is 0 Å². The van der Waals surface area contributed by atoms with E-state index in [9.17, 15) is 5.11 Å². The van der Waals surface area contributed by atoms with Crippen molar-refractivity contribution in [3.05, 3.63) is 65.7 Å². The molecule has 2 aromatic rings. The van der Waals surface area contributed by atoms with Crippen molar-refractivity contribution in [1.29, 1.82) is 0 Å². The molecule has 0 aromatic heterocycles. The summed E-state index contributed by atoms with van der Waals surface area (Å²) in [4.78, 5) is 0. The lowest BCUT2D eigenvalue weighted by Crippen LogP contribution is -2.30. The Morgan fingerprint density at radius 1 is 0.941 bits per heavy atom. The van der Waals surface area contributed by atoms with Crippen LogP contribution in [0.3, 0.4) is 0 Å². The van der Waals surface area contributed by atoms with E-state index in [4.69, 9.17) is 4.74 Å². The van der Waals surface area contributed by atoms with E-state index in [1.807, 2.05) is 48.5 Å².